The van der Waals surface area contributed by atoms with E-state index in [4.69, 9.17) is 14.2 Å². The molecule has 4 rings (SSSR count). The monoisotopic (exact) mass is 506 g/mol. The predicted octanol–water partition coefficient (Wildman–Crippen LogP) is 5.24. The molecule has 1 aromatic heterocycles. The molecular formula is C29H38N4O4. The van der Waals surface area contributed by atoms with Crippen molar-refractivity contribution in [1.82, 2.24) is 15.1 Å². The van der Waals surface area contributed by atoms with E-state index in [-0.39, 0.29) is 5.91 Å². The molecular weight excluding hydrogens is 468 g/mol. The standard InChI is InChI=1S/C29H38N4O4/c1-6-35-25-17-23(18-26(36-7-2)28(25)37-8-3)29(34)33-13-9-12-32(14-15-33)27-19-24(30-31-27)22-11-10-20(4)21(5)16-22/h10-11,16-19H,6-9,12-15H2,1-5H3,(H,30,31). The Hall–Kier alpha value is -3.68. The molecule has 1 saturated heterocycles. The number of anilines is 1. The Bertz CT molecular complexity index is 1200. The van der Waals surface area contributed by atoms with Crippen LogP contribution in [-0.4, -0.2) is 67.0 Å². The SMILES string of the molecule is CCOc1cc(C(=O)N2CCCN(c3cc(-c4ccc(C)c(C)c4)[nH]n3)CC2)cc(OCC)c1OCC. The molecule has 0 spiro atoms. The molecule has 1 aliphatic heterocycles. The predicted molar refractivity (Wildman–Crippen MR) is 146 cm³/mol. The van der Waals surface area contributed by atoms with Gasteiger partial charge in [0.15, 0.2) is 17.3 Å². The molecule has 1 fully saturated rings. The van der Waals surface area contributed by atoms with Crippen LogP contribution in [0.15, 0.2) is 36.4 Å². The van der Waals surface area contributed by atoms with Crippen LogP contribution in [0, 0.1) is 13.8 Å². The molecule has 1 amide bonds. The molecule has 0 saturated carbocycles. The molecule has 0 aliphatic carbocycles. The third kappa shape index (κ3) is 6.01. The van der Waals surface area contributed by atoms with Gasteiger partial charge in [0, 0.05) is 37.8 Å². The number of ether oxygens (including phenoxy) is 3. The Balaban J connectivity index is 1.49. The highest BCUT2D eigenvalue weighted by Crippen LogP contribution is 2.39. The fraction of sp³-hybridized carbons (Fsp3) is 0.448. The van der Waals surface area contributed by atoms with Crippen LogP contribution in [0.3, 0.4) is 0 Å². The van der Waals surface area contributed by atoms with E-state index < -0.39 is 0 Å². The van der Waals surface area contributed by atoms with Crippen molar-refractivity contribution in [2.75, 3.05) is 50.9 Å². The number of hydrogen-bond donors (Lipinski definition) is 1. The van der Waals surface area contributed by atoms with Gasteiger partial charge in [-0.25, -0.2) is 0 Å². The summed E-state index contributed by atoms with van der Waals surface area (Å²) in [5.74, 6) is 2.48. The maximum atomic E-state index is 13.6. The van der Waals surface area contributed by atoms with Gasteiger partial charge in [0.25, 0.3) is 5.91 Å². The third-order valence-electron chi connectivity index (χ3n) is 6.65. The highest BCUT2D eigenvalue weighted by Gasteiger charge is 2.25. The van der Waals surface area contributed by atoms with Crippen molar-refractivity contribution in [2.24, 2.45) is 0 Å². The topological polar surface area (TPSA) is 79.9 Å². The number of aryl methyl sites for hydroxylation is 2. The minimum atomic E-state index is -0.0374. The van der Waals surface area contributed by atoms with E-state index in [2.05, 4.69) is 53.2 Å². The van der Waals surface area contributed by atoms with Gasteiger partial charge in [0.1, 0.15) is 0 Å². The number of nitrogens with one attached hydrogen (secondary N) is 1. The zero-order chi connectivity index (χ0) is 26.4. The van der Waals surface area contributed by atoms with E-state index in [1.807, 2.05) is 25.7 Å². The quantitative estimate of drug-likeness (QED) is 0.427. The Labute approximate surface area is 219 Å². The lowest BCUT2D eigenvalue weighted by molar-refractivity contribution is 0.0766. The summed E-state index contributed by atoms with van der Waals surface area (Å²) >= 11 is 0. The van der Waals surface area contributed by atoms with E-state index in [1.54, 1.807) is 12.1 Å². The Morgan fingerprint density at radius 2 is 1.57 bits per heavy atom. The summed E-state index contributed by atoms with van der Waals surface area (Å²) in [6, 6.07) is 12.1. The lowest BCUT2D eigenvalue weighted by atomic mass is 10.0. The number of amides is 1. The minimum absolute atomic E-state index is 0.0374. The van der Waals surface area contributed by atoms with Crippen molar-refractivity contribution < 1.29 is 19.0 Å². The van der Waals surface area contributed by atoms with Crippen molar-refractivity contribution in [3.63, 3.8) is 0 Å². The fourth-order valence-electron chi connectivity index (χ4n) is 4.57. The van der Waals surface area contributed by atoms with Crippen LogP contribution in [0.1, 0.15) is 48.7 Å². The maximum absolute atomic E-state index is 13.6. The second kappa shape index (κ2) is 12.0. The molecule has 8 heteroatoms. The zero-order valence-corrected chi connectivity index (χ0v) is 22.6. The molecule has 0 bridgehead atoms. The van der Waals surface area contributed by atoms with Gasteiger partial charge < -0.3 is 24.0 Å². The molecule has 37 heavy (non-hydrogen) atoms. The highest BCUT2D eigenvalue weighted by atomic mass is 16.5. The summed E-state index contributed by atoms with van der Waals surface area (Å²) in [7, 11) is 0. The highest BCUT2D eigenvalue weighted by molar-refractivity contribution is 5.95. The number of hydrogen-bond acceptors (Lipinski definition) is 6. The van der Waals surface area contributed by atoms with Gasteiger partial charge in [-0.2, -0.15) is 5.10 Å². The first-order chi connectivity index (χ1) is 17.9. The number of aromatic nitrogens is 2. The van der Waals surface area contributed by atoms with Gasteiger partial charge in [-0.1, -0.05) is 12.1 Å². The second-order valence-electron chi connectivity index (χ2n) is 9.17. The molecule has 2 aromatic carbocycles. The van der Waals surface area contributed by atoms with Crippen LogP contribution in [-0.2, 0) is 0 Å². The summed E-state index contributed by atoms with van der Waals surface area (Å²) in [6.07, 6.45) is 0.852. The van der Waals surface area contributed by atoms with Crippen molar-refractivity contribution in [2.45, 2.75) is 41.0 Å². The van der Waals surface area contributed by atoms with Gasteiger partial charge in [-0.3, -0.25) is 9.89 Å². The molecule has 8 nitrogen and oxygen atoms in total. The molecule has 0 unspecified atom stereocenters. The third-order valence-corrected chi connectivity index (χ3v) is 6.65. The number of carbonyl (C=O) groups excluding carboxylic acids is 1. The summed E-state index contributed by atoms with van der Waals surface area (Å²) in [5.41, 5.74) is 5.19. The van der Waals surface area contributed by atoms with Crippen molar-refractivity contribution in [1.29, 1.82) is 0 Å². The molecule has 1 aliphatic rings. The average molecular weight is 507 g/mol. The number of nitrogens with zero attached hydrogens (tertiary/aromatic N) is 3. The molecule has 1 N–H and O–H groups in total. The minimum Gasteiger partial charge on any atom is -0.490 e. The number of H-pyrrole nitrogens is 1. The van der Waals surface area contributed by atoms with Crippen LogP contribution < -0.4 is 19.1 Å². The van der Waals surface area contributed by atoms with Crippen molar-refractivity contribution in [3.05, 3.63) is 53.1 Å². The Morgan fingerprint density at radius 3 is 2.22 bits per heavy atom. The summed E-state index contributed by atoms with van der Waals surface area (Å²) in [5, 5.41) is 7.77. The van der Waals surface area contributed by atoms with Crippen LogP contribution in [0.4, 0.5) is 5.82 Å². The van der Waals surface area contributed by atoms with Gasteiger partial charge in [0.2, 0.25) is 5.75 Å². The molecule has 198 valence electrons. The van der Waals surface area contributed by atoms with Crippen LogP contribution in [0.25, 0.3) is 11.3 Å². The van der Waals surface area contributed by atoms with Gasteiger partial charge in [0.05, 0.1) is 25.5 Å². The number of benzene rings is 2. The van der Waals surface area contributed by atoms with E-state index in [0.29, 0.717) is 62.3 Å². The summed E-state index contributed by atoms with van der Waals surface area (Å²) in [6.45, 7) is 14.2. The van der Waals surface area contributed by atoms with Crippen LogP contribution >= 0.6 is 0 Å². The average Bonchev–Trinajstić information content (AvgIpc) is 3.25. The first-order valence-electron chi connectivity index (χ1n) is 13.2. The van der Waals surface area contributed by atoms with Crippen molar-refractivity contribution in [3.8, 4) is 28.5 Å². The summed E-state index contributed by atoms with van der Waals surface area (Å²) in [4.78, 5) is 17.7. The first-order valence-corrected chi connectivity index (χ1v) is 13.2. The van der Waals surface area contributed by atoms with Gasteiger partial charge in [-0.05, 0) is 75.9 Å². The summed E-state index contributed by atoms with van der Waals surface area (Å²) < 4.78 is 17.4. The largest absolute Gasteiger partial charge is 0.490 e. The maximum Gasteiger partial charge on any atom is 0.254 e. The number of carbonyl (C=O) groups is 1. The molecule has 2 heterocycles. The Kier molecular flexibility index (Phi) is 8.58. The molecule has 0 radical (unpaired) electrons. The lowest BCUT2D eigenvalue weighted by Crippen LogP contribution is -2.35. The van der Waals surface area contributed by atoms with E-state index in [9.17, 15) is 4.79 Å². The van der Waals surface area contributed by atoms with E-state index in [0.717, 1.165) is 30.0 Å². The Morgan fingerprint density at radius 1 is 0.865 bits per heavy atom. The smallest absolute Gasteiger partial charge is 0.254 e. The molecule has 0 atom stereocenters. The zero-order valence-electron chi connectivity index (χ0n) is 22.6. The normalized spacial score (nSPS) is 13.9. The number of rotatable bonds is 9. The van der Waals surface area contributed by atoms with Gasteiger partial charge >= 0.3 is 0 Å². The van der Waals surface area contributed by atoms with E-state index >= 15 is 0 Å². The van der Waals surface area contributed by atoms with E-state index in [1.165, 1.54) is 11.1 Å². The lowest BCUT2D eigenvalue weighted by Gasteiger charge is -2.23. The number of aromatic amines is 1. The van der Waals surface area contributed by atoms with Gasteiger partial charge in [-0.15, -0.1) is 0 Å². The first kappa shape index (κ1) is 26.4. The second-order valence-corrected chi connectivity index (χ2v) is 9.17. The van der Waals surface area contributed by atoms with Crippen molar-refractivity contribution >= 4 is 11.7 Å². The molecule has 3 aromatic rings. The van der Waals surface area contributed by atoms with Crippen LogP contribution in [0.5, 0.6) is 17.2 Å². The van der Waals surface area contributed by atoms with Crippen LogP contribution in [0.2, 0.25) is 0 Å². The fourth-order valence-corrected chi connectivity index (χ4v) is 4.57.